The number of hydrogen-bond acceptors (Lipinski definition) is 5. The normalized spacial score (nSPS) is 25.9. The third kappa shape index (κ3) is 4.60. The van der Waals surface area contributed by atoms with E-state index in [9.17, 15) is 14.7 Å². The average Bonchev–Trinajstić information content (AvgIpc) is 3.48. The number of nitrogens with zero attached hydrogens (tertiary/aromatic N) is 1. The van der Waals surface area contributed by atoms with Gasteiger partial charge in [0.05, 0.1) is 17.9 Å². The molecule has 5 nitrogen and oxygen atoms in total. The first-order valence-corrected chi connectivity index (χ1v) is 11.8. The molecular formula is C23H30N2O3S. The lowest BCUT2D eigenvalue weighted by Gasteiger charge is -2.27. The number of likely N-dealkylation sites (tertiary alicyclic amines) is 1. The number of rotatable bonds is 8. The minimum atomic E-state index is -0.305. The van der Waals surface area contributed by atoms with Gasteiger partial charge in [0, 0.05) is 24.9 Å². The SMILES string of the molecule is O=C(C1SCN[C@@H]1CO)[C@@H]1CCCN1C(=O)CCCCC1=Cc2ccccc2C1. The number of hydrogen-bond donors (Lipinski definition) is 2. The lowest BCUT2D eigenvalue weighted by molar-refractivity contribution is -0.137. The predicted molar refractivity (Wildman–Crippen MR) is 117 cm³/mol. The monoisotopic (exact) mass is 414 g/mol. The van der Waals surface area contributed by atoms with Gasteiger partial charge < -0.3 is 15.3 Å². The molecule has 1 amide bonds. The smallest absolute Gasteiger partial charge is 0.223 e. The molecule has 2 N–H and O–H groups in total. The van der Waals surface area contributed by atoms with E-state index >= 15 is 0 Å². The van der Waals surface area contributed by atoms with Gasteiger partial charge in [0.25, 0.3) is 0 Å². The fourth-order valence-corrected chi connectivity index (χ4v) is 5.97. The molecule has 1 aliphatic carbocycles. The van der Waals surface area contributed by atoms with Crippen LogP contribution in [0.1, 0.15) is 49.7 Å². The predicted octanol–water partition coefficient (Wildman–Crippen LogP) is 2.77. The van der Waals surface area contributed by atoms with Crippen LogP contribution < -0.4 is 5.32 Å². The number of fused-ring (bicyclic) bond motifs is 1. The topological polar surface area (TPSA) is 69.6 Å². The Balaban J connectivity index is 1.24. The Kier molecular flexibility index (Phi) is 6.73. The number of aliphatic hydroxyl groups excluding tert-OH is 1. The number of ketones is 1. The summed E-state index contributed by atoms with van der Waals surface area (Å²) in [5.41, 5.74) is 4.18. The van der Waals surface area contributed by atoms with Gasteiger partial charge in [0.2, 0.25) is 5.91 Å². The lowest BCUT2D eigenvalue weighted by atomic mass is 10.0. The van der Waals surface area contributed by atoms with E-state index in [1.165, 1.54) is 16.7 Å². The molecule has 0 bridgehead atoms. The second-order valence-electron chi connectivity index (χ2n) is 8.26. The molecule has 4 rings (SSSR count). The summed E-state index contributed by atoms with van der Waals surface area (Å²) in [6.07, 6.45) is 8.39. The maximum atomic E-state index is 13.0. The van der Waals surface area contributed by atoms with Crippen molar-refractivity contribution in [3.05, 3.63) is 41.0 Å². The average molecular weight is 415 g/mol. The number of aliphatic hydroxyl groups is 1. The molecule has 3 aliphatic rings. The highest BCUT2D eigenvalue weighted by Gasteiger charge is 2.41. The first kappa shape index (κ1) is 20.6. The zero-order valence-electron chi connectivity index (χ0n) is 16.8. The summed E-state index contributed by atoms with van der Waals surface area (Å²) in [7, 11) is 0. The molecule has 2 saturated heterocycles. The van der Waals surface area contributed by atoms with Crippen LogP contribution in [0.5, 0.6) is 0 Å². The third-order valence-electron chi connectivity index (χ3n) is 6.32. The zero-order chi connectivity index (χ0) is 20.2. The van der Waals surface area contributed by atoms with Crippen LogP contribution in [0.4, 0.5) is 0 Å². The molecule has 6 heteroatoms. The molecule has 1 aromatic rings. The Hall–Kier alpha value is -1.63. The summed E-state index contributed by atoms with van der Waals surface area (Å²) in [6, 6.07) is 8.02. The molecule has 0 aromatic heterocycles. The number of allylic oxidation sites excluding steroid dienone is 1. The molecule has 1 aromatic carbocycles. The van der Waals surface area contributed by atoms with Crippen molar-refractivity contribution in [3.63, 3.8) is 0 Å². The number of amides is 1. The molecular weight excluding hydrogens is 384 g/mol. The van der Waals surface area contributed by atoms with Gasteiger partial charge in [-0.25, -0.2) is 0 Å². The largest absolute Gasteiger partial charge is 0.395 e. The Bertz CT molecular complexity index is 794. The Morgan fingerprint density at radius 3 is 2.93 bits per heavy atom. The van der Waals surface area contributed by atoms with Crippen molar-refractivity contribution >= 4 is 29.5 Å². The summed E-state index contributed by atoms with van der Waals surface area (Å²) in [5, 5.41) is 12.4. The Labute approximate surface area is 176 Å². The number of benzene rings is 1. The minimum Gasteiger partial charge on any atom is -0.395 e. The lowest BCUT2D eigenvalue weighted by Crippen LogP contribution is -2.48. The van der Waals surface area contributed by atoms with E-state index in [1.54, 1.807) is 16.7 Å². The zero-order valence-corrected chi connectivity index (χ0v) is 17.6. The van der Waals surface area contributed by atoms with E-state index in [0.717, 1.165) is 38.5 Å². The van der Waals surface area contributed by atoms with Crippen molar-refractivity contribution in [2.45, 2.75) is 62.3 Å². The molecule has 156 valence electrons. The number of Topliss-reactive ketones (excluding diaryl/α,β-unsaturated/α-hetero) is 1. The van der Waals surface area contributed by atoms with Crippen LogP contribution in [-0.4, -0.2) is 58.1 Å². The van der Waals surface area contributed by atoms with Crippen LogP contribution in [0.2, 0.25) is 0 Å². The van der Waals surface area contributed by atoms with Crippen molar-refractivity contribution in [2.75, 3.05) is 19.0 Å². The number of nitrogens with one attached hydrogen (secondary N) is 1. The van der Waals surface area contributed by atoms with Gasteiger partial charge in [-0.3, -0.25) is 9.59 Å². The molecule has 0 spiro atoms. The van der Waals surface area contributed by atoms with Gasteiger partial charge in [0.15, 0.2) is 5.78 Å². The molecule has 3 atom stereocenters. The van der Waals surface area contributed by atoms with E-state index in [4.69, 9.17) is 0 Å². The van der Waals surface area contributed by atoms with Crippen LogP contribution in [0.15, 0.2) is 29.8 Å². The van der Waals surface area contributed by atoms with Gasteiger partial charge in [-0.05, 0) is 49.7 Å². The standard InChI is InChI=1S/C23H30N2O3S/c26-14-19-23(29-15-24-19)22(28)20-9-5-11-25(20)21(27)10-4-1-6-16-12-17-7-2-3-8-18(17)13-16/h2-3,7-8,12,19-20,23-24,26H,1,4-6,9-11,13-15H2/t19-,20+,23?/m1/s1. The molecule has 1 unspecified atom stereocenters. The first-order valence-electron chi connectivity index (χ1n) is 10.7. The van der Waals surface area contributed by atoms with E-state index in [1.807, 2.05) is 0 Å². The van der Waals surface area contributed by atoms with E-state index in [2.05, 4.69) is 35.7 Å². The maximum Gasteiger partial charge on any atom is 0.223 e. The van der Waals surface area contributed by atoms with Gasteiger partial charge in [-0.1, -0.05) is 35.9 Å². The van der Waals surface area contributed by atoms with Crippen LogP contribution in [0, 0.1) is 0 Å². The van der Waals surface area contributed by atoms with Gasteiger partial charge in [-0.2, -0.15) is 0 Å². The van der Waals surface area contributed by atoms with Crippen molar-refractivity contribution in [1.29, 1.82) is 0 Å². The van der Waals surface area contributed by atoms with Crippen LogP contribution in [-0.2, 0) is 16.0 Å². The molecule has 2 aliphatic heterocycles. The summed E-state index contributed by atoms with van der Waals surface area (Å²) in [4.78, 5) is 27.6. The first-order chi connectivity index (χ1) is 14.2. The summed E-state index contributed by atoms with van der Waals surface area (Å²) >= 11 is 1.55. The van der Waals surface area contributed by atoms with Crippen molar-refractivity contribution in [2.24, 2.45) is 0 Å². The number of unbranched alkanes of at least 4 members (excludes halogenated alkanes) is 1. The van der Waals surface area contributed by atoms with Crippen molar-refractivity contribution in [1.82, 2.24) is 10.2 Å². The van der Waals surface area contributed by atoms with E-state index in [0.29, 0.717) is 18.8 Å². The van der Waals surface area contributed by atoms with E-state index in [-0.39, 0.29) is 35.6 Å². The third-order valence-corrected chi connectivity index (χ3v) is 7.58. The molecule has 2 fully saturated rings. The number of carbonyl (C=O) groups is 2. The quantitative estimate of drug-likeness (QED) is 0.640. The summed E-state index contributed by atoms with van der Waals surface area (Å²) < 4.78 is 0. The number of carbonyl (C=O) groups excluding carboxylic acids is 2. The molecule has 0 radical (unpaired) electrons. The fourth-order valence-electron chi connectivity index (χ4n) is 4.74. The van der Waals surface area contributed by atoms with Gasteiger partial charge in [-0.15, -0.1) is 11.8 Å². The highest BCUT2D eigenvalue weighted by molar-refractivity contribution is 8.00. The van der Waals surface area contributed by atoms with Crippen molar-refractivity contribution in [3.8, 4) is 0 Å². The Morgan fingerprint density at radius 1 is 1.24 bits per heavy atom. The van der Waals surface area contributed by atoms with Crippen LogP contribution >= 0.6 is 11.8 Å². The second kappa shape index (κ2) is 9.45. The fraction of sp³-hybridized carbons (Fsp3) is 0.565. The van der Waals surface area contributed by atoms with Crippen LogP contribution in [0.25, 0.3) is 6.08 Å². The van der Waals surface area contributed by atoms with Gasteiger partial charge >= 0.3 is 0 Å². The van der Waals surface area contributed by atoms with E-state index < -0.39 is 0 Å². The number of thioether (sulfide) groups is 1. The maximum absolute atomic E-state index is 13.0. The molecule has 29 heavy (non-hydrogen) atoms. The molecule has 0 saturated carbocycles. The Morgan fingerprint density at radius 2 is 2.10 bits per heavy atom. The minimum absolute atomic E-state index is 0.0379. The van der Waals surface area contributed by atoms with Crippen LogP contribution in [0.3, 0.4) is 0 Å². The van der Waals surface area contributed by atoms with Gasteiger partial charge in [0.1, 0.15) is 0 Å². The molecule has 2 heterocycles. The summed E-state index contributed by atoms with van der Waals surface area (Å²) in [5.74, 6) is 0.905. The highest BCUT2D eigenvalue weighted by atomic mass is 32.2. The van der Waals surface area contributed by atoms with Crippen molar-refractivity contribution < 1.29 is 14.7 Å². The summed E-state index contributed by atoms with van der Waals surface area (Å²) in [6.45, 7) is 0.647. The highest BCUT2D eigenvalue weighted by Crippen LogP contribution is 2.30. The second-order valence-corrected chi connectivity index (χ2v) is 9.39.